The van der Waals surface area contributed by atoms with Crippen LogP contribution in [-0.2, 0) is 14.3 Å². The van der Waals surface area contributed by atoms with E-state index in [2.05, 4.69) is 54.5 Å². The van der Waals surface area contributed by atoms with Crippen LogP contribution in [0.3, 0.4) is 0 Å². The molecule has 5 rings (SSSR count). The summed E-state index contributed by atoms with van der Waals surface area (Å²) in [6.45, 7) is 18.9. The minimum Gasteiger partial charge on any atom is -0.462 e. The van der Waals surface area contributed by atoms with Gasteiger partial charge in [0.15, 0.2) is 0 Å². The number of esters is 1. The topological polar surface area (TPSA) is 43.4 Å². The summed E-state index contributed by atoms with van der Waals surface area (Å²) >= 11 is 0. The van der Waals surface area contributed by atoms with Crippen molar-refractivity contribution in [2.45, 2.75) is 126 Å². The molecule has 0 saturated heterocycles. The van der Waals surface area contributed by atoms with Gasteiger partial charge in [0.1, 0.15) is 12.4 Å². The maximum Gasteiger partial charge on any atom is 0.302 e. The van der Waals surface area contributed by atoms with Crippen LogP contribution in [0.15, 0.2) is 11.6 Å². The summed E-state index contributed by atoms with van der Waals surface area (Å²) in [5, 5.41) is 0. The van der Waals surface area contributed by atoms with Gasteiger partial charge in [-0.15, -0.1) is 0 Å². The molecule has 5 aliphatic carbocycles. The van der Waals surface area contributed by atoms with E-state index in [0.29, 0.717) is 17.8 Å². The molecule has 5 aliphatic rings. The Labute approximate surface area is 214 Å². The molecule has 0 heterocycles. The van der Waals surface area contributed by atoms with Crippen molar-refractivity contribution in [2.24, 2.45) is 50.2 Å². The second-order valence-electron chi connectivity index (χ2n) is 15.4. The summed E-state index contributed by atoms with van der Waals surface area (Å²) < 4.78 is 5.89. The second kappa shape index (κ2) is 7.70. The maximum absolute atomic E-state index is 12.6. The molecule has 0 aromatic heterocycles. The van der Waals surface area contributed by atoms with Crippen LogP contribution in [0.25, 0.3) is 0 Å². The first kappa shape index (κ1) is 25.5. The van der Waals surface area contributed by atoms with Crippen molar-refractivity contribution in [1.82, 2.24) is 0 Å². The monoisotopic (exact) mass is 482 g/mol. The summed E-state index contributed by atoms with van der Waals surface area (Å²) in [7, 11) is 0. The number of carbonyl (C=O) groups is 2. The van der Waals surface area contributed by atoms with Crippen LogP contribution in [0.1, 0.15) is 120 Å². The molecular weight excluding hydrogens is 432 g/mol. The third-order valence-corrected chi connectivity index (χ3v) is 13.1. The average molecular weight is 483 g/mol. The van der Waals surface area contributed by atoms with E-state index < -0.39 is 0 Å². The van der Waals surface area contributed by atoms with Gasteiger partial charge in [-0.25, -0.2) is 0 Å². The van der Waals surface area contributed by atoms with Crippen LogP contribution >= 0.6 is 0 Å². The van der Waals surface area contributed by atoms with E-state index in [9.17, 15) is 9.59 Å². The molecule has 3 heteroatoms. The minimum atomic E-state index is -0.200. The molecule has 0 unspecified atom stereocenters. The lowest BCUT2D eigenvalue weighted by atomic mass is 9.32. The van der Waals surface area contributed by atoms with Crippen molar-refractivity contribution >= 4 is 12.3 Å². The normalized spacial score (nSPS) is 49.9. The van der Waals surface area contributed by atoms with Crippen molar-refractivity contribution in [3.05, 3.63) is 11.6 Å². The fraction of sp³-hybridized carbons (Fsp3) is 0.875. The molecule has 0 aromatic carbocycles. The van der Waals surface area contributed by atoms with Crippen LogP contribution in [0.5, 0.6) is 0 Å². The van der Waals surface area contributed by atoms with Crippen molar-refractivity contribution in [1.29, 1.82) is 0 Å². The predicted octanol–water partition coefficient (Wildman–Crippen LogP) is 7.92. The molecule has 35 heavy (non-hydrogen) atoms. The highest BCUT2D eigenvalue weighted by molar-refractivity contribution is 5.67. The van der Waals surface area contributed by atoms with E-state index in [1.54, 1.807) is 6.92 Å². The van der Waals surface area contributed by atoms with Crippen LogP contribution in [-0.4, -0.2) is 18.4 Å². The lowest BCUT2D eigenvalue weighted by molar-refractivity contribution is -0.232. The van der Waals surface area contributed by atoms with Crippen LogP contribution in [0.4, 0.5) is 0 Å². The number of fused-ring (bicyclic) bond motifs is 7. The smallest absolute Gasteiger partial charge is 0.302 e. The Hall–Kier alpha value is -1.12. The summed E-state index contributed by atoms with van der Waals surface area (Å²) in [6.07, 6.45) is 15.4. The van der Waals surface area contributed by atoms with Gasteiger partial charge in [0.2, 0.25) is 0 Å². The quantitative estimate of drug-likeness (QED) is 0.228. The number of rotatable bonds is 2. The Kier molecular flexibility index (Phi) is 5.62. The third kappa shape index (κ3) is 3.34. The zero-order chi connectivity index (χ0) is 25.7. The number of hydrogen-bond donors (Lipinski definition) is 0. The van der Waals surface area contributed by atoms with Gasteiger partial charge in [0.05, 0.1) is 0 Å². The first-order valence-corrected chi connectivity index (χ1v) is 14.5. The lowest BCUT2D eigenvalue weighted by Crippen LogP contribution is -2.66. The highest BCUT2D eigenvalue weighted by atomic mass is 16.5. The SMILES string of the molecule is CC(=O)O[C@H]1CC[C@@]2(C)[C@H](CC[C@]3(C)[C@H]2CC[C@@H]2C4=CC(C)(C)CC[C@]4(C=O)CC[C@]23C)C1(C)C. The van der Waals surface area contributed by atoms with E-state index in [1.165, 1.54) is 44.0 Å². The van der Waals surface area contributed by atoms with Crippen LogP contribution in [0, 0.1) is 50.2 Å². The Morgan fingerprint density at radius 1 is 0.829 bits per heavy atom. The van der Waals surface area contributed by atoms with Gasteiger partial charge in [-0.3, -0.25) is 4.79 Å². The van der Waals surface area contributed by atoms with Gasteiger partial charge in [-0.2, -0.15) is 0 Å². The molecule has 4 fully saturated rings. The van der Waals surface area contributed by atoms with E-state index in [0.717, 1.165) is 32.1 Å². The molecule has 0 aliphatic heterocycles. The van der Waals surface area contributed by atoms with E-state index >= 15 is 0 Å². The van der Waals surface area contributed by atoms with E-state index in [4.69, 9.17) is 4.74 Å². The zero-order valence-corrected chi connectivity index (χ0v) is 23.8. The minimum absolute atomic E-state index is 0.00686. The van der Waals surface area contributed by atoms with Crippen molar-refractivity contribution in [2.75, 3.05) is 0 Å². The van der Waals surface area contributed by atoms with Crippen molar-refractivity contribution in [3.8, 4) is 0 Å². The second-order valence-corrected chi connectivity index (χ2v) is 15.4. The largest absolute Gasteiger partial charge is 0.462 e. The third-order valence-electron chi connectivity index (χ3n) is 13.1. The molecule has 0 radical (unpaired) electrons. The van der Waals surface area contributed by atoms with E-state index in [-0.39, 0.29) is 44.6 Å². The predicted molar refractivity (Wildman–Crippen MR) is 141 cm³/mol. The highest BCUT2D eigenvalue weighted by Gasteiger charge is 2.69. The van der Waals surface area contributed by atoms with Gasteiger partial charge in [-0.1, -0.05) is 60.1 Å². The Bertz CT molecular complexity index is 944. The van der Waals surface area contributed by atoms with Crippen molar-refractivity contribution in [3.63, 3.8) is 0 Å². The summed E-state index contributed by atoms with van der Waals surface area (Å²) in [6, 6.07) is 0. The van der Waals surface area contributed by atoms with Crippen LogP contribution < -0.4 is 0 Å². The zero-order valence-electron chi connectivity index (χ0n) is 23.8. The van der Waals surface area contributed by atoms with Gasteiger partial charge < -0.3 is 9.53 Å². The number of aldehydes is 1. The lowest BCUT2D eigenvalue weighted by Gasteiger charge is -2.72. The number of allylic oxidation sites excluding steroid dienone is 2. The van der Waals surface area contributed by atoms with Gasteiger partial charge in [-0.05, 0) is 104 Å². The summed E-state index contributed by atoms with van der Waals surface area (Å²) in [5.41, 5.74) is 2.32. The molecule has 3 nitrogen and oxygen atoms in total. The molecule has 0 amide bonds. The Morgan fingerprint density at radius 3 is 2.17 bits per heavy atom. The molecule has 0 aromatic rings. The fourth-order valence-corrected chi connectivity index (χ4v) is 11.0. The Balaban J connectivity index is 1.53. The molecule has 0 spiro atoms. The van der Waals surface area contributed by atoms with Gasteiger partial charge in [0.25, 0.3) is 0 Å². The van der Waals surface area contributed by atoms with Crippen molar-refractivity contribution < 1.29 is 14.3 Å². The average Bonchev–Trinajstić information content (AvgIpc) is 2.76. The molecule has 0 N–H and O–H groups in total. The number of ether oxygens (including phenoxy) is 1. The molecular formula is C32H50O3. The highest BCUT2D eigenvalue weighted by Crippen LogP contribution is 2.76. The first-order chi connectivity index (χ1) is 16.2. The maximum atomic E-state index is 12.6. The van der Waals surface area contributed by atoms with Gasteiger partial charge in [0, 0.05) is 17.8 Å². The fourth-order valence-electron chi connectivity index (χ4n) is 11.0. The van der Waals surface area contributed by atoms with Gasteiger partial charge >= 0.3 is 5.97 Å². The number of carbonyl (C=O) groups excluding carboxylic acids is 2. The Morgan fingerprint density at radius 2 is 1.51 bits per heavy atom. The summed E-state index contributed by atoms with van der Waals surface area (Å²) in [4.78, 5) is 24.5. The molecule has 196 valence electrons. The molecule has 4 saturated carbocycles. The first-order valence-electron chi connectivity index (χ1n) is 14.5. The standard InChI is InChI=1S/C32H50O3/c1-21(34)35-26-12-13-29(6)24(28(26,4)5)11-14-31(8)25(29)10-9-22-23-19-27(2,3)15-17-32(23,20-33)18-16-30(22,31)7/h19-20,22,24-26H,9-18H2,1-8H3/t22-,24-,25+,26+,29+,30-,31-,32-/m1/s1. The van der Waals surface area contributed by atoms with E-state index in [1.807, 2.05) is 0 Å². The summed E-state index contributed by atoms with van der Waals surface area (Å²) in [5.74, 6) is 1.67. The molecule has 8 atom stereocenters. The molecule has 0 bridgehead atoms. The number of hydrogen-bond acceptors (Lipinski definition) is 3. The van der Waals surface area contributed by atoms with Crippen LogP contribution in [0.2, 0.25) is 0 Å².